The van der Waals surface area contributed by atoms with E-state index < -0.39 is 24.1 Å². The predicted molar refractivity (Wildman–Crippen MR) is 124 cm³/mol. The van der Waals surface area contributed by atoms with Crippen LogP contribution in [-0.2, 0) is 19.1 Å². The van der Waals surface area contributed by atoms with Gasteiger partial charge in [-0.1, -0.05) is 72.8 Å². The van der Waals surface area contributed by atoms with Crippen LogP contribution in [0.5, 0.6) is 0 Å². The van der Waals surface area contributed by atoms with E-state index in [0.29, 0.717) is 20.8 Å². The van der Waals surface area contributed by atoms with E-state index in [1.54, 1.807) is 72.8 Å². The number of carbonyl (C=O) groups excluding carboxylic acids is 4. The Labute approximate surface area is 192 Å². The van der Waals surface area contributed by atoms with Gasteiger partial charge in [0.15, 0.2) is 0 Å². The molecule has 0 spiro atoms. The number of nitrogens with zero attached hydrogens (tertiary/aromatic N) is 2. The van der Waals surface area contributed by atoms with Gasteiger partial charge in [0.1, 0.15) is 0 Å². The Morgan fingerprint density at radius 2 is 0.882 bits per heavy atom. The number of carbonyl (C=O) groups is 4. The van der Waals surface area contributed by atoms with Gasteiger partial charge in [0.2, 0.25) is 0 Å². The largest absolute Gasteiger partial charge is 0.437 e. The number of ether oxygens (including phenoxy) is 2. The van der Waals surface area contributed by atoms with Crippen molar-refractivity contribution in [3.63, 3.8) is 0 Å². The van der Waals surface area contributed by atoms with Crippen LogP contribution in [0.15, 0.2) is 84.9 Å². The van der Waals surface area contributed by atoms with Gasteiger partial charge in [0, 0.05) is 10.8 Å². The molecule has 0 heterocycles. The van der Waals surface area contributed by atoms with Gasteiger partial charge in [-0.15, -0.1) is 0 Å². The Hall–Kier alpha value is -4.80. The number of hydrogen-bond donors (Lipinski definition) is 2. The zero-order valence-electron chi connectivity index (χ0n) is 17.6. The number of anilines is 2. The van der Waals surface area contributed by atoms with Crippen LogP contribution in [0.25, 0.3) is 21.5 Å². The lowest BCUT2D eigenvalue weighted by Gasteiger charge is -2.18. The second-order valence-electron chi connectivity index (χ2n) is 7.05. The first-order chi connectivity index (χ1) is 16.4. The van der Waals surface area contributed by atoms with E-state index in [-0.39, 0.29) is 11.4 Å². The zero-order valence-corrected chi connectivity index (χ0v) is 17.6. The van der Waals surface area contributed by atoms with Gasteiger partial charge in [-0.3, -0.25) is 0 Å². The third-order valence-corrected chi connectivity index (χ3v) is 4.97. The molecule has 4 aromatic carbocycles. The van der Waals surface area contributed by atoms with Crippen molar-refractivity contribution in [2.45, 2.75) is 0 Å². The standard InChI is InChI=1S/C24H18N4O6/c25-27(19-13-5-9-15-7-1-3-11-17(15)19)23(31)33-21(29)22(30)34-24(32)28(26)20-14-6-10-16-8-2-4-12-18(16)20/h1-14H,25-26H2. The van der Waals surface area contributed by atoms with Crippen molar-refractivity contribution >= 4 is 57.0 Å². The molecule has 0 unspecified atom stereocenters. The van der Waals surface area contributed by atoms with Crippen molar-refractivity contribution in [1.29, 1.82) is 0 Å². The van der Waals surface area contributed by atoms with Crippen LogP contribution in [-0.4, -0.2) is 24.1 Å². The summed E-state index contributed by atoms with van der Waals surface area (Å²) in [6, 6.07) is 24.1. The van der Waals surface area contributed by atoms with E-state index in [4.69, 9.17) is 11.7 Å². The topological polar surface area (TPSA) is 145 Å². The molecule has 0 aliphatic heterocycles. The van der Waals surface area contributed by atoms with Gasteiger partial charge in [0.25, 0.3) is 0 Å². The molecule has 34 heavy (non-hydrogen) atoms. The lowest BCUT2D eigenvalue weighted by molar-refractivity contribution is -0.159. The van der Waals surface area contributed by atoms with E-state index in [1.165, 1.54) is 12.1 Å². The van der Waals surface area contributed by atoms with Crippen LogP contribution in [0.1, 0.15) is 0 Å². The van der Waals surface area contributed by atoms with Gasteiger partial charge < -0.3 is 9.47 Å². The minimum atomic E-state index is -1.74. The molecular formula is C24H18N4O6. The first-order valence-electron chi connectivity index (χ1n) is 9.94. The maximum atomic E-state index is 12.3. The average molecular weight is 458 g/mol. The minimum absolute atomic E-state index is 0.240. The van der Waals surface area contributed by atoms with Crippen LogP contribution in [0.2, 0.25) is 0 Å². The molecule has 2 amide bonds. The summed E-state index contributed by atoms with van der Waals surface area (Å²) in [5, 5.41) is 3.94. The second kappa shape index (κ2) is 9.36. The third-order valence-electron chi connectivity index (χ3n) is 4.97. The van der Waals surface area contributed by atoms with Crippen molar-refractivity contribution in [3.8, 4) is 0 Å². The van der Waals surface area contributed by atoms with E-state index in [1.807, 2.05) is 0 Å². The van der Waals surface area contributed by atoms with E-state index in [9.17, 15) is 19.2 Å². The number of hydrogen-bond acceptors (Lipinski definition) is 8. The molecule has 0 aromatic heterocycles. The fourth-order valence-corrected chi connectivity index (χ4v) is 3.37. The molecule has 0 saturated carbocycles. The van der Waals surface area contributed by atoms with E-state index in [2.05, 4.69) is 9.47 Å². The Bertz CT molecular complexity index is 1320. The van der Waals surface area contributed by atoms with Crippen LogP contribution in [0, 0.1) is 0 Å². The molecule has 0 fully saturated rings. The molecule has 10 nitrogen and oxygen atoms in total. The van der Waals surface area contributed by atoms with Crippen LogP contribution < -0.4 is 21.7 Å². The summed E-state index contributed by atoms with van der Waals surface area (Å²) >= 11 is 0. The summed E-state index contributed by atoms with van der Waals surface area (Å²) in [5.41, 5.74) is 0.480. The number of rotatable bonds is 2. The second-order valence-corrected chi connectivity index (χ2v) is 7.05. The van der Waals surface area contributed by atoms with Gasteiger partial charge in [-0.25, -0.2) is 40.9 Å². The summed E-state index contributed by atoms with van der Waals surface area (Å²) in [5.74, 6) is 8.11. The highest BCUT2D eigenvalue weighted by Crippen LogP contribution is 2.26. The summed E-state index contributed by atoms with van der Waals surface area (Å²) in [4.78, 5) is 48.7. The Kier molecular flexibility index (Phi) is 6.17. The highest BCUT2D eigenvalue weighted by molar-refractivity contribution is 6.34. The monoisotopic (exact) mass is 458 g/mol. The van der Waals surface area contributed by atoms with Crippen molar-refractivity contribution < 1.29 is 28.7 Å². The molecular weight excluding hydrogens is 440 g/mol. The van der Waals surface area contributed by atoms with Gasteiger partial charge in [-0.2, -0.15) is 0 Å². The Balaban J connectivity index is 1.42. The predicted octanol–water partition coefficient (Wildman–Crippen LogP) is 3.38. The molecule has 0 aliphatic rings. The van der Waals surface area contributed by atoms with Crippen LogP contribution in [0.3, 0.4) is 0 Å². The number of fused-ring (bicyclic) bond motifs is 2. The lowest BCUT2D eigenvalue weighted by atomic mass is 10.1. The van der Waals surface area contributed by atoms with E-state index >= 15 is 0 Å². The number of esters is 2. The molecule has 0 atom stereocenters. The molecule has 0 saturated heterocycles. The highest BCUT2D eigenvalue weighted by atomic mass is 16.7. The molecule has 10 heteroatoms. The minimum Gasteiger partial charge on any atom is -0.366 e. The average Bonchev–Trinajstić information content (AvgIpc) is 2.86. The van der Waals surface area contributed by atoms with Crippen LogP contribution in [0.4, 0.5) is 21.0 Å². The molecule has 0 radical (unpaired) electrons. The normalized spacial score (nSPS) is 10.5. The fourth-order valence-electron chi connectivity index (χ4n) is 3.37. The molecule has 170 valence electrons. The third kappa shape index (κ3) is 4.39. The van der Waals surface area contributed by atoms with Crippen molar-refractivity contribution in [1.82, 2.24) is 0 Å². The zero-order chi connectivity index (χ0) is 24.2. The lowest BCUT2D eigenvalue weighted by Crippen LogP contribution is -2.43. The van der Waals surface area contributed by atoms with Crippen molar-refractivity contribution in [2.75, 3.05) is 10.0 Å². The van der Waals surface area contributed by atoms with Gasteiger partial charge in [-0.05, 0) is 22.9 Å². The summed E-state index contributed by atoms with van der Waals surface area (Å²) in [6.07, 6.45) is -2.69. The van der Waals surface area contributed by atoms with E-state index in [0.717, 1.165) is 10.8 Å². The fraction of sp³-hybridized carbons (Fsp3) is 0. The maximum Gasteiger partial charge on any atom is 0.437 e. The molecule has 0 bridgehead atoms. The summed E-state index contributed by atoms with van der Waals surface area (Å²) < 4.78 is 8.94. The number of amides is 2. The Morgan fingerprint density at radius 3 is 1.29 bits per heavy atom. The first-order valence-corrected chi connectivity index (χ1v) is 9.94. The maximum absolute atomic E-state index is 12.3. The molecule has 4 aromatic rings. The SMILES string of the molecule is NN(C(=O)OC(=O)C(=O)OC(=O)N(N)c1cccc2ccccc12)c1cccc2ccccc12. The number of benzene rings is 4. The highest BCUT2D eigenvalue weighted by Gasteiger charge is 2.29. The van der Waals surface area contributed by atoms with Crippen LogP contribution >= 0.6 is 0 Å². The van der Waals surface area contributed by atoms with Crippen molar-refractivity contribution in [3.05, 3.63) is 84.9 Å². The number of nitrogens with two attached hydrogens (primary N) is 2. The van der Waals surface area contributed by atoms with Gasteiger partial charge in [0.05, 0.1) is 11.4 Å². The van der Waals surface area contributed by atoms with Gasteiger partial charge >= 0.3 is 24.1 Å². The van der Waals surface area contributed by atoms with Crippen molar-refractivity contribution in [2.24, 2.45) is 11.7 Å². The number of hydrazine groups is 2. The first kappa shape index (κ1) is 22.4. The summed E-state index contributed by atoms with van der Waals surface area (Å²) in [6.45, 7) is 0. The summed E-state index contributed by atoms with van der Waals surface area (Å²) in [7, 11) is 0. The quantitative estimate of drug-likeness (QED) is 0.116. The Morgan fingerprint density at radius 1 is 0.529 bits per heavy atom. The molecule has 4 rings (SSSR count). The smallest absolute Gasteiger partial charge is 0.366 e. The molecule has 4 N–H and O–H groups in total. The molecule has 0 aliphatic carbocycles.